The van der Waals surface area contributed by atoms with Gasteiger partial charge in [-0.05, 0) is 25.1 Å². The standard InChI is InChI=1S/C11H13OS/c1-3-4-8-13-11-7-5-6-10(9-11)12-2/h3-7,9H,1,8H2,2H3/b4-3+. The van der Waals surface area contributed by atoms with Crippen LogP contribution in [0.1, 0.15) is 0 Å². The average Bonchev–Trinajstić information content (AvgIpc) is 2.19. The summed E-state index contributed by atoms with van der Waals surface area (Å²) in [6.45, 7) is 3.63. The van der Waals surface area contributed by atoms with Gasteiger partial charge in [-0.25, -0.2) is 0 Å². The lowest BCUT2D eigenvalue weighted by Crippen LogP contribution is -1.82. The number of thioether (sulfide) groups is 1. The molecule has 1 nitrogen and oxygen atoms in total. The van der Waals surface area contributed by atoms with E-state index in [0.29, 0.717) is 0 Å². The van der Waals surface area contributed by atoms with Crippen LogP contribution >= 0.6 is 11.8 Å². The maximum Gasteiger partial charge on any atom is 0.119 e. The number of hydrogen-bond acceptors (Lipinski definition) is 2. The van der Waals surface area contributed by atoms with Crippen LogP contribution in [0.25, 0.3) is 0 Å². The Labute approximate surface area is 83.8 Å². The Kier molecular flexibility index (Phi) is 4.47. The molecule has 0 aliphatic heterocycles. The van der Waals surface area contributed by atoms with E-state index in [-0.39, 0.29) is 0 Å². The van der Waals surface area contributed by atoms with Gasteiger partial charge in [-0.1, -0.05) is 18.2 Å². The smallest absolute Gasteiger partial charge is 0.119 e. The molecule has 1 aromatic rings. The van der Waals surface area contributed by atoms with Crippen LogP contribution in [-0.2, 0) is 0 Å². The molecule has 1 rings (SSSR count). The van der Waals surface area contributed by atoms with Crippen LogP contribution in [0, 0.1) is 6.92 Å². The van der Waals surface area contributed by atoms with Crippen molar-refractivity contribution in [1.29, 1.82) is 0 Å². The highest BCUT2D eigenvalue weighted by molar-refractivity contribution is 7.99. The van der Waals surface area contributed by atoms with Crippen LogP contribution in [0.4, 0.5) is 0 Å². The molecule has 0 fully saturated rings. The summed E-state index contributed by atoms with van der Waals surface area (Å²) in [5.74, 6) is 1.86. The molecule has 0 aromatic heterocycles. The Morgan fingerprint density at radius 3 is 3.08 bits per heavy atom. The third-order valence-corrected chi connectivity index (χ3v) is 2.50. The second kappa shape index (κ2) is 5.70. The first-order chi connectivity index (χ1) is 6.36. The molecule has 1 aromatic carbocycles. The van der Waals surface area contributed by atoms with Gasteiger partial charge in [-0.2, -0.15) is 0 Å². The third kappa shape index (κ3) is 3.55. The maximum atomic E-state index is 5.12. The molecule has 0 N–H and O–H groups in total. The van der Waals surface area contributed by atoms with Gasteiger partial charge < -0.3 is 4.74 Å². The van der Waals surface area contributed by atoms with Gasteiger partial charge in [0.05, 0.1) is 7.11 Å². The normalized spacial score (nSPS) is 10.6. The van der Waals surface area contributed by atoms with Crippen LogP contribution in [0.2, 0.25) is 0 Å². The van der Waals surface area contributed by atoms with E-state index in [0.717, 1.165) is 11.5 Å². The highest BCUT2D eigenvalue weighted by Crippen LogP contribution is 2.22. The Morgan fingerprint density at radius 1 is 1.54 bits per heavy atom. The summed E-state index contributed by atoms with van der Waals surface area (Å²) in [5, 5.41) is 0. The van der Waals surface area contributed by atoms with Crippen molar-refractivity contribution in [2.75, 3.05) is 12.9 Å². The highest BCUT2D eigenvalue weighted by Gasteiger charge is 1.94. The molecule has 1 radical (unpaired) electrons. The number of benzene rings is 1. The fraction of sp³-hybridized carbons (Fsp3) is 0.182. The van der Waals surface area contributed by atoms with Crippen molar-refractivity contribution in [2.24, 2.45) is 0 Å². The topological polar surface area (TPSA) is 9.23 Å². The van der Waals surface area contributed by atoms with Crippen molar-refractivity contribution < 1.29 is 4.74 Å². The first-order valence-corrected chi connectivity index (χ1v) is 5.06. The molecule has 0 amide bonds. The molecule has 13 heavy (non-hydrogen) atoms. The molecule has 0 saturated heterocycles. The van der Waals surface area contributed by atoms with Gasteiger partial charge in [-0.15, -0.1) is 11.8 Å². The Morgan fingerprint density at radius 2 is 2.38 bits per heavy atom. The minimum absolute atomic E-state index is 0.906. The van der Waals surface area contributed by atoms with Crippen molar-refractivity contribution in [3.63, 3.8) is 0 Å². The van der Waals surface area contributed by atoms with Gasteiger partial charge in [0, 0.05) is 10.6 Å². The predicted octanol–water partition coefficient (Wildman–Crippen LogP) is 3.18. The van der Waals surface area contributed by atoms with E-state index in [1.165, 1.54) is 4.90 Å². The molecule has 0 heterocycles. The van der Waals surface area contributed by atoms with Crippen LogP contribution < -0.4 is 4.74 Å². The second-order valence-corrected chi connectivity index (χ2v) is 3.55. The molecule has 0 saturated carbocycles. The predicted molar refractivity (Wildman–Crippen MR) is 58.2 cm³/mol. The van der Waals surface area contributed by atoms with Crippen molar-refractivity contribution in [3.05, 3.63) is 43.3 Å². The fourth-order valence-electron chi connectivity index (χ4n) is 0.903. The van der Waals surface area contributed by atoms with Crippen molar-refractivity contribution in [1.82, 2.24) is 0 Å². The second-order valence-electron chi connectivity index (χ2n) is 2.46. The molecule has 0 aliphatic carbocycles. The van der Waals surface area contributed by atoms with E-state index in [1.54, 1.807) is 18.9 Å². The number of methoxy groups -OCH3 is 1. The fourth-order valence-corrected chi connectivity index (χ4v) is 1.70. The molecule has 2 heteroatoms. The summed E-state index contributed by atoms with van der Waals surface area (Å²) in [4.78, 5) is 1.22. The summed E-state index contributed by atoms with van der Waals surface area (Å²) in [7, 11) is 1.68. The monoisotopic (exact) mass is 193 g/mol. The van der Waals surface area contributed by atoms with Crippen molar-refractivity contribution >= 4 is 11.8 Å². The summed E-state index contributed by atoms with van der Waals surface area (Å²) < 4.78 is 5.12. The SMILES string of the molecule is [CH2]/C=C/CSc1cccc(OC)c1. The molecule has 0 atom stereocenters. The van der Waals surface area contributed by atoms with Crippen LogP contribution in [0.3, 0.4) is 0 Å². The summed E-state index contributed by atoms with van der Waals surface area (Å²) in [6, 6.07) is 8.04. The molecular weight excluding hydrogens is 180 g/mol. The van der Waals surface area contributed by atoms with Gasteiger partial charge in [0.25, 0.3) is 0 Å². The zero-order valence-electron chi connectivity index (χ0n) is 7.69. The molecular formula is C11H13OS. The molecule has 0 bridgehead atoms. The van der Waals surface area contributed by atoms with E-state index in [2.05, 4.69) is 13.0 Å². The summed E-state index contributed by atoms with van der Waals surface area (Å²) >= 11 is 1.77. The number of rotatable bonds is 4. The van der Waals surface area contributed by atoms with Gasteiger partial charge in [-0.3, -0.25) is 0 Å². The van der Waals surface area contributed by atoms with Gasteiger partial charge >= 0.3 is 0 Å². The van der Waals surface area contributed by atoms with E-state index < -0.39 is 0 Å². The Balaban J connectivity index is 2.56. The quantitative estimate of drug-likeness (QED) is 0.679. The van der Waals surface area contributed by atoms with Crippen molar-refractivity contribution in [3.8, 4) is 5.75 Å². The van der Waals surface area contributed by atoms with Crippen molar-refractivity contribution in [2.45, 2.75) is 4.90 Å². The third-order valence-electron chi connectivity index (χ3n) is 1.55. The van der Waals surface area contributed by atoms with E-state index in [4.69, 9.17) is 4.74 Å². The van der Waals surface area contributed by atoms with E-state index in [1.807, 2.05) is 30.4 Å². The minimum atomic E-state index is 0.906. The van der Waals surface area contributed by atoms with Gasteiger partial charge in [0.1, 0.15) is 5.75 Å². The lowest BCUT2D eigenvalue weighted by atomic mass is 10.3. The molecule has 0 unspecified atom stereocenters. The first-order valence-electron chi connectivity index (χ1n) is 4.08. The lowest BCUT2D eigenvalue weighted by molar-refractivity contribution is 0.413. The summed E-state index contributed by atoms with van der Waals surface area (Å²) in [6.07, 6.45) is 3.84. The first kappa shape index (κ1) is 10.2. The average molecular weight is 193 g/mol. The Hall–Kier alpha value is -0.890. The highest BCUT2D eigenvalue weighted by atomic mass is 32.2. The lowest BCUT2D eigenvalue weighted by Gasteiger charge is -2.01. The van der Waals surface area contributed by atoms with E-state index >= 15 is 0 Å². The Bertz CT molecular complexity index is 281. The van der Waals surface area contributed by atoms with Crippen LogP contribution in [0.5, 0.6) is 5.75 Å². The zero-order chi connectivity index (χ0) is 9.52. The maximum absolute atomic E-state index is 5.12. The number of ether oxygens (including phenoxy) is 1. The summed E-state index contributed by atoms with van der Waals surface area (Å²) in [5.41, 5.74) is 0. The van der Waals surface area contributed by atoms with Crippen LogP contribution in [-0.4, -0.2) is 12.9 Å². The molecule has 0 spiro atoms. The van der Waals surface area contributed by atoms with Crippen LogP contribution in [0.15, 0.2) is 41.3 Å². The minimum Gasteiger partial charge on any atom is -0.497 e. The largest absolute Gasteiger partial charge is 0.497 e. The zero-order valence-corrected chi connectivity index (χ0v) is 8.51. The molecule has 0 aliphatic rings. The number of allylic oxidation sites excluding steroid dienone is 1. The molecule has 69 valence electrons. The number of hydrogen-bond donors (Lipinski definition) is 0. The van der Waals surface area contributed by atoms with E-state index in [9.17, 15) is 0 Å². The van der Waals surface area contributed by atoms with Gasteiger partial charge in [0.15, 0.2) is 0 Å². The van der Waals surface area contributed by atoms with Gasteiger partial charge in [0.2, 0.25) is 0 Å².